The number of aliphatic carboxylic acids is 1. The van der Waals surface area contributed by atoms with Crippen molar-refractivity contribution < 1.29 is 14.6 Å². The van der Waals surface area contributed by atoms with Crippen LogP contribution in [0.3, 0.4) is 0 Å². The Bertz CT molecular complexity index is 548. The molecule has 0 spiro atoms. The van der Waals surface area contributed by atoms with E-state index in [2.05, 4.69) is 0 Å². The molecular formula is C14H15NO3. The maximum absolute atomic E-state index is 11.0. The summed E-state index contributed by atoms with van der Waals surface area (Å²) in [4.78, 5) is 11.0. The van der Waals surface area contributed by atoms with Crippen molar-refractivity contribution >= 4 is 16.7 Å². The van der Waals surface area contributed by atoms with Gasteiger partial charge in [-0.3, -0.25) is 0 Å². The van der Waals surface area contributed by atoms with Crippen LogP contribution >= 0.6 is 0 Å². The highest BCUT2D eigenvalue weighted by Crippen LogP contribution is 2.26. The molecule has 0 saturated carbocycles. The largest absolute Gasteiger partial charge is 0.479 e. The Kier molecular flexibility index (Phi) is 3.79. The van der Waals surface area contributed by atoms with Gasteiger partial charge in [-0.2, -0.15) is 0 Å². The molecule has 0 bridgehead atoms. The SMILES string of the molecule is NCCC(Oc1cccc2ccccc12)C(=O)O. The zero-order chi connectivity index (χ0) is 13.0. The lowest BCUT2D eigenvalue weighted by Crippen LogP contribution is -2.29. The van der Waals surface area contributed by atoms with Gasteiger partial charge in [0, 0.05) is 11.8 Å². The maximum atomic E-state index is 11.0. The van der Waals surface area contributed by atoms with Crippen molar-refractivity contribution in [3.05, 3.63) is 42.5 Å². The lowest BCUT2D eigenvalue weighted by Gasteiger charge is -2.15. The van der Waals surface area contributed by atoms with Crippen LogP contribution in [0.15, 0.2) is 42.5 Å². The van der Waals surface area contributed by atoms with Crippen LogP contribution in [0.5, 0.6) is 5.75 Å². The van der Waals surface area contributed by atoms with Gasteiger partial charge in [0.05, 0.1) is 0 Å². The summed E-state index contributed by atoms with van der Waals surface area (Å²) in [6.45, 7) is 0.279. The third kappa shape index (κ3) is 2.60. The van der Waals surface area contributed by atoms with Crippen molar-refractivity contribution in [1.29, 1.82) is 0 Å². The van der Waals surface area contributed by atoms with Crippen molar-refractivity contribution in [1.82, 2.24) is 0 Å². The number of carbonyl (C=O) groups is 1. The Balaban J connectivity index is 2.33. The number of ether oxygens (including phenoxy) is 1. The minimum absolute atomic E-state index is 0.279. The van der Waals surface area contributed by atoms with Gasteiger partial charge in [0.1, 0.15) is 5.75 Å². The average Bonchev–Trinajstić information content (AvgIpc) is 2.38. The third-order valence-corrected chi connectivity index (χ3v) is 2.72. The molecule has 0 saturated heterocycles. The van der Waals surface area contributed by atoms with Crippen molar-refractivity contribution in [3.63, 3.8) is 0 Å². The Labute approximate surface area is 105 Å². The average molecular weight is 245 g/mol. The van der Waals surface area contributed by atoms with E-state index in [1.165, 1.54) is 0 Å². The molecule has 2 aromatic rings. The van der Waals surface area contributed by atoms with Crippen molar-refractivity contribution in [2.45, 2.75) is 12.5 Å². The molecule has 1 atom stereocenters. The number of benzene rings is 2. The van der Waals surface area contributed by atoms with Crippen molar-refractivity contribution in [2.24, 2.45) is 5.73 Å². The van der Waals surface area contributed by atoms with Crippen molar-refractivity contribution in [3.8, 4) is 5.75 Å². The van der Waals surface area contributed by atoms with E-state index in [1.807, 2.05) is 36.4 Å². The highest BCUT2D eigenvalue weighted by Gasteiger charge is 2.19. The summed E-state index contributed by atoms with van der Waals surface area (Å²) in [5.41, 5.74) is 5.39. The van der Waals surface area contributed by atoms with Crippen LogP contribution in [0.25, 0.3) is 10.8 Å². The summed E-state index contributed by atoms with van der Waals surface area (Å²) in [7, 11) is 0. The second-order valence-electron chi connectivity index (χ2n) is 4.00. The molecule has 0 aliphatic rings. The maximum Gasteiger partial charge on any atom is 0.344 e. The van der Waals surface area contributed by atoms with Gasteiger partial charge < -0.3 is 15.6 Å². The molecule has 0 aromatic heterocycles. The van der Waals surface area contributed by atoms with Crippen LogP contribution in [-0.2, 0) is 4.79 Å². The van der Waals surface area contributed by atoms with Gasteiger partial charge in [0.25, 0.3) is 0 Å². The zero-order valence-electron chi connectivity index (χ0n) is 9.87. The van der Waals surface area contributed by atoms with Gasteiger partial charge in [-0.05, 0) is 18.0 Å². The minimum atomic E-state index is -0.992. The second kappa shape index (κ2) is 5.51. The van der Waals surface area contributed by atoms with Gasteiger partial charge in [0.2, 0.25) is 0 Å². The van der Waals surface area contributed by atoms with Gasteiger partial charge in [-0.25, -0.2) is 4.79 Å². The first kappa shape index (κ1) is 12.4. The number of carboxylic acid groups (broad SMARTS) is 1. The molecule has 94 valence electrons. The lowest BCUT2D eigenvalue weighted by atomic mass is 10.1. The molecule has 4 heteroatoms. The summed E-state index contributed by atoms with van der Waals surface area (Å²) in [6, 6.07) is 13.3. The molecule has 2 rings (SSSR count). The number of rotatable bonds is 5. The second-order valence-corrected chi connectivity index (χ2v) is 4.00. The predicted octanol–water partition coefficient (Wildman–Crippen LogP) is 2.02. The van der Waals surface area contributed by atoms with E-state index in [9.17, 15) is 4.79 Å². The summed E-state index contributed by atoms with van der Waals surface area (Å²) in [6.07, 6.45) is -0.612. The van der Waals surface area contributed by atoms with Crippen LogP contribution in [-0.4, -0.2) is 23.7 Å². The number of nitrogens with two attached hydrogens (primary N) is 1. The summed E-state index contributed by atoms with van der Waals surface area (Å²) in [5.74, 6) is -0.415. The molecule has 0 aliphatic carbocycles. The Hall–Kier alpha value is -2.07. The van der Waals surface area contributed by atoms with Crippen molar-refractivity contribution in [2.75, 3.05) is 6.54 Å². The Morgan fingerprint density at radius 2 is 1.94 bits per heavy atom. The van der Waals surface area contributed by atoms with E-state index in [0.29, 0.717) is 12.2 Å². The van der Waals surface area contributed by atoms with E-state index in [1.54, 1.807) is 6.07 Å². The van der Waals surface area contributed by atoms with E-state index >= 15 is 0 Å². The molecule has 0 aliphatic heterocycles. The molecule has 0 heterocycles. The van der Waals surface area contributed by atoms with Crippen LogP contribution < -0.4 is 10.5 Å². The first-order chi connectivity index (χ1) is 8.72. The van der Waals surface area contributed by atoms with Gasteiger partial charge in [-0.1, -0.05) is 36.4 Å². The molecule has 2 aromatic carbocycles. The molecule has 18 heavy (non-hydrogen) atoms. The molecule has 1 unspecified atom stereocenters. The fourth-order valence-electron chi connectivity index (χ4n) is 1.84. The zero-order valence-corrected chi connectivity index (χ0v) is 9.87. The predicted molar refractivity (Wildman–Crippen MR) is 69.7 cm³/mol. The molecule has 0 radical (unpaired) electrons. The highest BCUT2D eigenvalue weighted by molar-refractivity contribution is 5.88. The highest BCUT2D eigenvalue weighted by atomic mass is 16.5. The van der Waals surface area contributed by atoms with Gasteiger partial charge in [-0.15, -0.1) is 0 Å². The molecule has 0 fully saturated rings. The van der Waals surface area contributed by atoms with E-state index in [0.717, 1.165) is 10.8 Å². The van der Waals surface area contributed by atoms with Crippen LogP contribution in [0.1, 0.15) is 6.42 Å². The number of hydrogen-bond donors (Lipinski definition) is 2. The summed E-state index contributed by atoms with van der Waals surface area (Å²) >= 11 is 0. The monoisotopic (exact) mass is 245 g/mol. The molecule has 4 nitrogen and oxygen atoms in total. The number of fused-ring (bicyclic) bond motifs is 1. The van der Waals surface area contributed by atoms with E-state index in [4.69, 9.17) is 15.6 Å². The van der Waals surface area contributed by atoms with E-state index in [-0.39, 0.29) is 6.54 Å². The first-order valence-corrected chi connectivity index (χ1v) is 5.79. The fourth-order valence-corrected chi connectivity index (χ4v) is 1.84. The lowest BCUT2D eigenvalue weighted by molar-refractivity contribution is -0.145. The summed E-state index contributed by atoms with van der Waals surface area (Å²) < 4.78 is 5.55. The van der Waals surface area contributed by atoms with Crippen LogP contribution in [0, 0.1) is 0 Å². The number of hydrogen-bond acceptors (Lipinski definition) is 3. The van der Waals surface area contributed by atoms with Gasteiger partial charge in [0.15, 0.2) is 6.10 Å². The summed E-state index contributed by atoms with van der Waals surface area (Å²) in [5, 5.41) is 11.0. The fraction of sp³-hybridized carbons (Fsp3) is 0.214. The molecule has 0 amide bonds. The van der Waals surface area contributed by atoms with Crippen LogP contribution in [0.4, 0.5) is 0 Å². The minimum Gasteiger partial charge on any atom is -0.479 e. The van der Waals surface area contributed by atoms with E-state index < -0.39 is 12.1 Å². The Morgan fingerprint density at radius 3 is 2.67 bits per heavy atom. The van der Waals surface area contributed by atoms with Crippen LogP contribution in [0.2, 0.25) is 0 Å². The topological polar surface area (TPSA) is 72.5 Å². The Morgan fingerprint density at radius 1 is 1.22 bits per heavy atom. The standard InChI is InChI=1S/C14H15NO3/c15-9-8-13(14(16)17)18-12-7-3-5-10-4-1-2-6-11(10)12/h1-7,13H,8-9,15H2,(H,16,17). The number of carboxylic acids is 1. The first-order valence-electron chi connectivity index (χ1n) is 5.79. The smallest absolute Gasteiger partial charge is 0.344 e. The van der Waals surface area contributed by atoms with Gasteiger partial charge >= 0.3 is 5.97 Å². The molecular weight excluding hydrogens is 230 g/mol. The normalized spacial score (nSPS) is 12.3. The third-order valence-electron chi connectivity index (χ3n) is 2.72. The quantitative estimate of drug-likeness (QED) is 0.845. The molecule has 3 N–H and O–H groups in total.